The van der Waals surface area contributed by atoms with Gasteiger partial charge in [0.1, 0.15) is 11.8 Å². The highest BCUT2D eigenvalue weighted by Gasteiger charge is 2.01. The molecular formula is C13H9Br2N3. The zero-order valence-corrected chi connectivity index (χ0v) is 12.5. The predicted molar refractivity (Wildman–Crippen MR) is 78.1 cm³/mol. The molecule has 0 atom stereocenters. The van der Waals surface area contributed by atoms with E-state index in [0.29, 0.717) is 12.2 Å². The largest absolute Gasteiger partial charge is 0.380 e. The van der Waals surface area contributed by atoms with Crippen LogP contribution in [0, 0.1) is 11.3 Å². The fourth-order valence-corrected chi connectivity index (χ4v) is 2.66. The van der Waals surface area contributed by atoms with Crippen molar-refractivity contribution in [1.82, 2.24) is 4.98 Å². The van der Waals surface area contributed by atoms with Crippen molar-refractivity contribution in [1.29, 1.82) is 5.26 Å². The monoisotopic (exact) mass is 365 g/mol. The van der Waals surface area contributed by atoms with E-state index < -0.39 is 0 Å². The maximum atomic E-state index is 8.78. The first-order valence-electron chi connectivity index (χ1n) is 5.23. The van der Waals surface area contributed by atoms with Crippen LogP contribution in [-0.2, 0) is 6.54 Å². The Balaban J connectivity index is 2.09. The SMILES string of the molecule is N#Cc1cc(CNc2ccc(Br)cc2Br)ccn1. The van der Waals surface area contributed by atoms with E-state index in [1.165, 1.54) is 0 Å². The van der Waals surface area contributed by atoms with Crippen molar-refractivity contribution in [2.24, 2.45) is 0 Å². The summed E-state index contributed by atoms with van der Waals surface area (Å²) in [4.78, 5) is 3.94. The van der Waals surface area contributed by atoms with Crippen LogP contribution in [0.25, 0.3) is 0 Å². The topological polar surface area (TPSA) is 48.7 Å². The van der Waals surface area contributed by atoms with E-state index in [2.05, 4.69) is 42.2 Å². The highest BCUT2D eigenvalue weighted by Crippen LogP contribution is 2.26. The third kappa shape index (κ3) is 3.31. The van der Waals surface area contributed by atoms with Gasteiger partial charge in [0.15, 0.2) is 0 Å². The first kappa shape index (κ1) is 13.1. The number of aromatic nitrogens is 1. The quantitative estimate of drug-likeness (QED) is 0.889. The molecule has 0 radical (unpaired) electrons. The smallest absolute Gasteiger partial charge is 0.140 e. The average Bonchev–Trinajstić information content (AvgIpc) is 2.38. The van der Waals surface area contributed by atoms with Gasteiger partial charge in [0, 0.05) is 27.4 Å². The number of rotatable bonds is 3. The Kier molecular flexibility index (Phi) is 4.34. The number of hydrogen-bond donors (Lipinski definition) is 1. The highest BCUT2D eigenvalue weighted by molar-refractivity contribution is 9.11. The third-order valence-corrected chi connectivity index (χ3v) is 3.50. The van der Waals surface area contributed by atoms with Crippen molar-refractivity contribution in [2.75, 3.05) is 5.32 Å². The van der Waals surface area contributed by atoms with Crippen LogP contribution in [0.1, 0.15) is 11.3 Å². The fourth-order valence-electron chi connectivity index (χ4n) is 1.48. The van der Waals surface area contributed by atoms with Gasteiger partial charge in [0.05, 0.1) is 0 Å². The average molecular weight is 367 g/mol. The molecule has 1 heterocycles. The minimum atomic E-state index is 0.434. The zero-order chi connectivity index (χ0) is 13.0. The molecule has 0 bridgehead atoms. The molecule has 2 rings (SSSR count). The second-order valence-corrected chi connectivity index (χ2v) is 5.41. The van der Waals surface area contributed by atoms with Crippen molar-refractivity contribution >= 4 is 37.5 Å². The van der Waals surface area contributed by atoms with Crippen molar-refractivity contribution in [3.8, 4) is 6.07 Å². The van der Waals surface area contributed by atoms with E-state index in [-0.39, 0.29) is 0 Å². The molecule has 0 saturated carbocycles. The molecule has 0 saturated heterocycles. The molecule has 0 aliphatic heterocycles. The third-order valence-electron chi connectivity index (χ3n) is 2.35. The van der Waals surface area contributed by atoms with Crippen LogP contribution in [0.5, 0.6) is 0 Å². The van der Waals surface area contributed by atoms with E-state index >= 15 is 0 Å². The van der Waals surface area contributed by atoms with Gasteiger partial charge in [-0.15, -0.1) is 0 Å². The van der Waals surface area contributed by atoms with Crippen LogP contribution in [0.3, 0.4) is 0 Å². The summed E-state index contributed by atoms with van der Waals surface area (Å²) in [6.45, 7) is 0.650. The summed E-state index contributed by atoms with van der Waals surface area (Å²) >= 11 is 6.90. The molecule has 0 aliphatic carbocycles. The number of benzene rings is 1. The van der Waals surface area contributed by atoms with E-state index in [4.69, 9.17) is 5.26 Å². The number of nitrogens with zero attached hydrogens (tertiary/aromatic N) is 2. The maximum Gasteiger partial charge on any atom is 0.140 e. The summed E-state index contributed by atoms with van der Waals surface area (Å²) in [5, 5.41) is 12.1. The van der Waals surface area contributed by atoms with Crippen LogP contribution in [-0.4, -0.2) is 4.98 Å². The van der Waals surface area contributed by atoms with Gasteiger partial charge in [-0.05, 0) is 51.8 Å². The molecule has 0 fully saturated rings. The molecule has 0 amide bonds. The van der Waals surface area contributed by atoms with Gasteiger partial charge in [-0.3, -0.25) is 0 Å². The minimum absolute atomic E-state index is 0.434. The maximum absolute atomic E-state index is 8.78. The molecule has 0 spiro atoms. The number of hydrogen-bond acceptors (Lipinski definition) is 3. The molecule has 0 unspecified atom stereocenters. The number of nitriles is 1. The van der Waals surface area contributed by atoms with E-state index in [1.54, 1.807) is 12.3 Å². The van der Waals surface area contributed by atoms with Gasteiger partial charge >= 0.3 is 0 Å². The molecule has 1 aromatic carbocycles. The first-order valence-corrected chi connectivity index (χ1v) is 6.81. The fraction of sp³-hybridized carbons (Fsp3) is 0.0769. The molecule has 3 nitrogen and oxygen atoms in total. The Morgan fingerprint density at radius 2 is 2.06 bits per heavy atom. The Labute approximate surface area is 122 Å². The molecule has 90 valence electrons. The summed E-state index contributed by atoms with van der Waals surface area (Å²) in [6.07, 6.45) is 1.65. The Morgan fingerprint density at radius 1 is 1.22 bits per heavy atom. The number of pyridine rings is 1. The van der Waals surface area contributed by atoms with Crippen molar-refractivity contribution < 1.29 is 0 Å². The van der Waals surface area contributed by atoms with Gasteiger partial charge in [0.2, 0.25) is 0 Å². The highest BCUT2D eigenvalue weighted by atomic mass is 79.9. The number of nitrogens with one attached hydrogen (secondary N) is 1. The predicted octanol–water partition coefficient (Wildman–Crippen LogP) is 4.09. The van der Waals surface area contributed by atoms with Crippen molar-refractivity contribution in [3.05, 3.63) is 56.7 Å². The van der Waals surface area contributed by atoms with Crippen molar-refractivity contribution in [2.45, 2.75) is 6.54 Å². The van der Waals surface area contributed by atoms with Gasteiger partial charge < -0.3 is 5.32 Å². The lowest BCUT2D eigenvalue weighted by Crippen LogP contribution is -2.00. The van der Waals surface area contributed by atoms with Gasteiger partial charge in [-0.1, -0.05) is 15.9 Å². The molecule has 1 N–H and O–H groups in total. The number of halogens is 2. The zero-order valence-electron chi connectivity index (χ0n) is 9.32. The minimum Gasteiger partial charge on any atom is -0.380 e. The van der Waals surface area contributed by atoms with E-state index in [1.807, 2.05) is 30.3 Å². The second kappa shape index (κ2) is 5.98. The summed E-state index contributed by atoms with van der Waals surface area (Å²) in [5.41, 5.74) is 2.47. The van der Waals surface area contributed by atoms with Crippen LogP contribution in [0.2, 0.25) is 0 Å². The molecule has 1 aromatic heterocycles. The van der Waals surface area contributed by atoms with Crippen LogP contribution >= 0.6 is 31.9 Å². The van der Waals surface area contributed by atoms with E-state index in [0.717, 1.165) is 20.2 Å². The Hall–Kier alpha value is -1.38. The summed E-state index contributed by atoms with van der Waals surface area (Å²) < 4.78 is 2.02. The number of anilines is 1. The normalized spacial score (nSPS) is 9.83. The van der Waals surface area contributed by atoms with Crippen molar-refractivity contribution in [3.63, 3.8) is 0 Å². The lowest BCUT2D eigenvalue weighted by molar-refractivity contribution is 1.11. The Morgan fingerprint density at radius 3 is 2.78 bits per heavy atom. The molecule has 18 heavy (non-hydrogen) atoms. The Bertz CT molecular complexity index is 605. The molecule has 5 heteroatoms. The molecular weight excluding hydrogens is 358 g/mol. The summed E-state index contributed by atoms with van der Waals surface area (Å²) in [5.74, 6) is 0. The first-order chi connectivity index (χ1) is 8.69. The molecule has 0 aliphatic rings. The molecule has 2 aromatic rings. The van der Waals surface area contributed by atoms with Crippen LogP contribution in [0.4, 0.5) is 5.69 Å². The van der Waals surface area contributed by atoms with Gasteiger partial charge in [0.25, 0.3) is 0 Å². The van der Waals surface area contributed by atoms with Gasteiger partial charge in [-0.25, -0.2) is 4.98 Å². The summed E-state index contributed by atoms with van der Waals surface area (Å²) in [6, 6.07) is 11.6. The van der Waals surface area contributed by atoms with Gasteiger partial charge in [-0.2, -0.15) is 5.26 Å². The standard InChI is InChI=1S/C13H9Br2N3/c14-10-1-2-13(12(15)6-10)18-8-9-3-4-17-11(5-9)7-16/h1-6,18H,8H2. The lowest BCUT2D eigenvalue weighted by atomic mass is 10.2. The van der Waals surface area contributed by atoms with E-state index in [9.17, 15) is 0 Å². The second-order valence-electron chi connectivity index (χ2n) is 3.64. The summed E-state index contributed by atoms with van der Waals surface area (Å²) in [7, 11) is 0. The lowest BCUT2D eigenvalue weighted by Gasteiger charge is -2.09. The van der Waals surface area contributed by atoms with Crippen LogP contribution < -0.4 is 5.32 Å². The van der Waals surface area contributed by atoms with Crippen LogP contribution in [0.15, 0.2) is 45.5 Å².